The fourth-order valence-corrected chi connectivity index (χ4v) is 7.39. The van der Waals surface area contributed by atoms with Crippen LogP contribution in [0.15, 0.2) is 95.9 Å². The number of hydrazine groups is 1. The van der Waals surface area contributed by atoms with Gasteiger partial charge >= 0.3 is 0 Å². The van der Waals surface area contributed by atoms with E-state index in [4.69, 9.17) is 0 Å². The van der Waals surface area contributed by atoms with E-state index in [0.29, 0.717) is 11.1 Å². The number of rotatable bonds is 4. The number of carbonyl (C=O) groups is 1. The van der Waals surface area contributed by atoms with Crippen LogP contribution in [0.5, 0.6) is 0 Å². The van der Waals surface area contributed by atoms with Crippen molar-refractivity contribution in [3.63, 3.8) is 0 Å². The molecule has 5 rings (SSSR count). The van der Waals surface area contributed by atoms with E-state index in [0.717, 1.165) is 0 Å². The minimum atomic E-state index is -4.23. The number of fused-ring (bicyclic) bond motifs is 1. The first kappa shape index (κ1) is 21.4. The summed E-state index contributed by atoms with van der Waals surface area (Å²) in [7, 11) is -4.23. The highest BCUT2D eigenvalue weighted by Gasteiger charge is 2.71. The fourth-order valence-electron chi connectivity index (χ4n) is 5.30. The third-order valence-electron chi connectivity index (χ3n) is 6.65. The lowest BCUT2D eigenvalue weighted by Crippen LogP contribution is -2.48. The SMILES string of the molecule is C[C@H]1CC(=O)N2[C@H](c3ccccc3)[C@@](C#N)(S(=O)(=O)c3ccccc3)[C@H](c3ccccc3)N12. The van der Waals surface area contributed by atoms with Gasteiger partial charge in [0.25, 0.3) is 0 Å². The lowest BCUT2D eigenvalue weighted by Gasteiger charge is -2.34. The van der Waals surface area contributed by atoms with E-state index in [2.05, 4.69) is 6.07 Å². The first-order chi connectivity index (χ1) is 15.9. The predicted molar refractivity (Wildman–Crippen MR) is 123 cm³/mol. The highest BCUT2D eigenvalue weighted by atomic mass is 32.2. The van der Waals surface area contributed by atoms with Gasteiger partial charge in [0.05, 0.1) is 17.0 Å². The standard InChI is InChI=1S/C26H23N3O3S/c1-19-17-23(30)29-25(21-13-7-3-8-14-21)26(18-27,33(31,32)22-15-9-4-10-16-22)24(28(19)29)20-11-5-2-6-12-20/h2-16,19,24-25H,17H2,1H3/t19-,24-,25+,26-/m0/s1. The zero-order chi connectivity index (χ0) is 23.2. The zero-order valence-corrected chi connectivity index (χ0v) is 18.9. The van der Waals surface area contributed by atoms with Crippen LogP contribution in [0.25, 0.3) is 0 Å². The maximum absolute atomic E-state index is 14.4. The van der Waals surface area contributed by atoms with Gasteiger partial charge in [-0.15, -0.1) is 0 Å². The Balaban J connectivity index is 1.88. The van der Waals surface area contributed by atoms with Crippen LogP contribution in [0.1, 0.15) is 36.6 Å². The van der Waals surface area contributed by atoms with Crippen molar-refractivity contribution in [3.05, 3.63) is 102 Å². The van der Waals surface area contributed by atoms with Crippen molar-refractivity contribution >= 4 is 15.7 Å². The Labute approximate surface area is 193 Å². The van der Waals surface area contributed by atoms with E-state index in [1.54, 1.807) is 42.5 Å². The predicted octanol–water partition coefficient (Wildman–Crippen LogP) is 4.06. The summed E-state index contributed by atoms with van der Waals surface area (Å²) in [4.78, 5) is 13.3. The van der Waals surface area contributed by atoms with Gasteiger partial charge in [0.2, 0.25) is 20.5 Å². The molecule has 2 saturated heterocycles. The highest BCUT2D eigenvalue weighted by Crippen LogP contribution is 2.59. The second-order valence-corrected chi connectivity index (χ2v) is 10.7. The van der Waals surface area contributed by atoms with E-state index < -0.39 is 26.7 Å². The summed E-state index contributed by atoms with van der Waals surface area (Å²) in [6.45, 7) is 1.90. The molecule has 1 amide bonds. The van der Waals surface area contributed by atoms with Gasteiger partial charge in [-0.1, -0.05) is 78.9 Å². The number of hydrogen-bond acceptors (Lipinski definition) is 5. The normalized spacial score (nSPS) is 27.3. The third-order valence-corrected chi connectivity index (χ3v) is 8.97. The summed E-state index contributed by atoms with van der Waals surface area (Å²) in [5.41, 5.74) is 1.30. The summed E-state index contributed by atoms with van der Waals surface area (Å²) in [5.74, 6) is -0.183. The van der Waals surface area contributed by atoms with E-state index in [-0.39, 0.29) is 23.3 Å². The van der Waals surface area contributed by atoms with Gasteiger partial charge in [-0.05, 0) is 30.2 Å². The van der Waals surface area contributed by atoms with Gasteiger partial charge in [-0.25, -0.2) is 13.4 Å². The van der Waals surface area contributed by atoms with Crippen molar-refractivity contribution in [1.29, 1.82) is 5.26 Å². The molecule has 7 heteroatoms. The highest BCUT2D eigenvalue weighted by molar-refractivity contribution is 7.93. The molecule has 2 fully saturated rings. The molecular weight excluding hydrogens is 434 g/mol. The molecule has 6 nitrogen and oxygen atoms in total. The maximum atomic E-state index is 14.4. The first-order valence-corrected chi connectivity index (χ1v) is 12.3. The molecule has 0 unspecified atom stereocenters. The van der Waals surface area contributed by atoms with Crippen molar-refractivity contribution < 1.29 is 13.2 Å². The Morgan fingerprint density at radius 1 is 0.848 bits per heavy atom. The van der Waals surface area contributed by atoms with E-state index in [1.807, 2.05) is 48.3 Å². The Morgan fingerprint density at radius 2 is 1.33 bits per heavy atom. The molecule has 2 aliphatic rings. The number of hydrogen-bond donors (Lipinski definition) is 0. The Hall–Kier alpha value is -3.47. The molecule has 0 bridgehead atoms. The molecule has 3 aromatic rings. The fraction of sp³-hybridized carbons (Fsp3) is 0.231. The molecule has 166 valence electrons. The smallest absolute Gasteiger partial charge is 0.239 e. The van der Waals surface area contributed by atoms with Gasteiger partial charge in [0, 0.05) is 12.5 Å². The molecule has 33 heavy (non-hydrogen) atoms. The van der Waals surface area contributed by atoms with Gasteiger partial charge < -0.3 is 0 Å². The lowest BCUT2D eigenvalue weighted by atomic mass is 9.84. The second kappa shape index (κ2) is 7.84. The quantitative estimate of drug-likeness (QED) is 0.590. The molecule has 2 heterocycles. The van der Waals surface area contributed by atoms with Crippen molar-refractivity contribution in [1.82, 2.24) is 10.0 Å². The summed E-state index contributed by atoms with van der Waals surface area (Å²) in [6.07, 6.45) is 0.263. The molecule has 0 aliphatic carbocycles. The Bertz CT molecular complexity index is 1320. The number of sulfone groups is 1. The zero-order valence-electron chi connectivity index (χ0n) is 18.1. The van der Waals surface area contributed by atoms with Crippen molar-refractivity contribution in [2.24, 2.45) is 0 Å². The Kier molecular flexibility index (Phi) is 5.08. The van der Waals surface area contributed by atoms with Crippen LogP contribution in [0.4, 0.5) is 0 Å². The molecular formula is C26H23N3O3S. The van der Waals surface area contributed by atoms with Crippen LogP contribution in [-0.4, -0.2) is 35.1 Å². The molecule has 3 aromatic carbocycles. The minimum absolute atomic E-state index is 0.0656. The Morgan fingerprint density at radius 3 is 1.85 bits per heavy atom. The van der Waals surface area contributed by atoms with Crippen LogP contribution >= 0.6 is 0 Å². The molecule has 2 aliphatic heterocycles. The van der Waals surface area contributed by atoms with Gasteiger partial charge in [0.1, 0.15) is 6.04 Å². The van der Waals surface area contributed by atoms with Crippen molar-refractivity contribution in [3.8, 4) is 6.07 Å². The van der Waals surface area contributed by atoms with Crippen LogP contribution in [0, 0.1) is 11.3 Å². The molecule has 0 aromatic heterocycles. The summed E-state index contributed by atoms with van der Waals surface area (Å²) in [5, 5.41) is 14.2. The minimum Gasteiger partial charge on any atom is -0.273 e. The van der Waals surface area contributed by atoms with Crippen molar-refractivity contribution in [2.75, 3.05) is 0 Å². The average molecular weight is 458 g/mol. The van der Waals surface area contributed by atoms with Crippen LogP contribution in [-0.2, 0) is 14.6 Å². The monoisotopic (exact) mass is 457 g/mol. The first-order valence-electron chi connectivity index (χ1n) is 10.8. The topological polar surface area (TPSA) is 81.5 Å². The van der Waals surface area contributed by atoms with Gasteiger partial charge in [0.15, 0.2) is 0 Å². The third kappa shape index (κ3) is 2.95. The van der Waals surface area contributed by atoms with Gasteiger partial charge in [-0.3, -0.25) is 9.80 Å². The molecule has 0 N–H and O–H groups in total. The van der Waals surface area contributed by atoms with Crippen LogP contribution < -0.4 is 0 Å². The van der Waals surface area contributed by atoms with Crippen molar-refractivity contribution in [2.45, 2.75) is 41.1 Å². The van der Waals surface area contributed by atoms with E-state index >= 15 is 0 Å². The molecule has 0 spiro atoms. The lowest BCUT2D eigenvalue weighted by molar-refractivity contribution is -0.139. The number of carbonyl (C=O) groups excluding carboxylic acids is 1. The number of benzene rings is 3. The second-order valence-electron chi connectivity index (χ2n) is 8.52. The molecule has 0 saturated carbocycles. The van der Waals surface area contributed by atoms with E-state index in [1.165, 1.54) is 17.1 Å². The summed E-state index contributed by atoms with van der Waals surface area (Å²) < 4.78 is 26.9. The number of nitrogens with zero attached hydrogens (tertiary/aromatic N) is 3. The largest absolute Gasteiger partial charge is 0.273 e. The molecule has 0 radical (unpaired) electrons. The van der Waals surface area contributed by atoms with Crippen LogP contribution in [0.2, 0.25) is 0 Å². The maximum Gasteiger partial charge on any atom is 0.239 e. The van der Waals surface area contributed by atoms with E-state index in [9.17, 15) is 18.5 Å². The average Bonchev–Trinajstić information content (AvgIpc) is 3.33. The van der Waals surface area contributed by atoms with Gasteiger partial charge in [-0.2, -0.15) is 5.26 Å². The summed E-state index contributed by atoms with van der Waals surface area (Å²) >= 11 is 0. The number of nitriles is 1. The van der Waals surface area contributed by atoms with Crippen LogP contribution in [0.3, 0.4) is 0 Å². The molecule has 4 atom stereocenters. The number of amides is 1. The summed E-state index contributed by atoms with van der Waals surface area (Å²) in [6, 6.07) is 26.4.